The Morgan fingerprint density at radius 1 is 1.05 bits per heavy atom. The molecule has 0 radical (unpaired) electrons. The van der Waals surface area contributed by atoms with E-state index in [0.29, 0.717) is 12.2 Å². The predicted octanol–water partition coefficient (Wildman–Crippen LogP) is 4.03. The summed E-state index contributed by atoms with van der Waals surface area (Å²) in [6.07, 6.45) is 6.67. The van der Waals surface area contributed by atoms with Gasteiger partial charge in [-0.2, -0.15) is 0 Å². The van der Waals surface area contributed by atoms with Crippen LogP contribution in [-0.4, -0.2) is 57.1 Å². The molecule has 0 saturated heterocycles. The zero-order chi connectivity index (χ0) is 27.0. The fraction of sp³-hybridized carbons (Fsp3) is 0.500. The van der Waals surface area contributed by atoms with Crippen LogP contribution in [-0.2, 0) is 26.2 Å². The monoisotopic (exact) mass is 529 g/mol. The van der Waals surface area contributed by atoms with Gasteiger partial charge < -0.3 is 15.0 Å². The van der Waals surface area contributed by atoms with Gasteiger partial charge >= 0.3 is 0 Å². The van der Waals surface area contributed by atoms with Crippen molar-refractivity contribution in [3.8, 4) is 5.75 Å². The molecule has 0 bridgehead atoms. The number of amides is 2. The first kappa shape index (κ1) is 28.5. The Balaban J connectivity index is 1.95. The summed E-state index contributed by atoms with van der Waals surface area (Å²) in [6, 6.07) is 13.8. The Bertz CT molecular complexity index is 1180. The van der Waals surface area contributed by atoms with Gasteiger partial charge in [-0.15, -0.1) is 0 Å². The Morgan fingerprint density at radius 2 is 1.70 bits per heavy atom. The van der Waals surface area contributed by atoms with Crippen molar-refractivity contribution in [2.45, 2.75) is 71.0 Å². The van der Waals surface area contributed by atoms with Gasteiger partial charge in [-0.05, 0) is 49.4 Å². The zero-order valence-electron chi connectivity index (χ0n) is 22.3. The molecule has 1 fully saturated rings. The summed E-state index contributed by atoms with van der Waals surface area (Å²) in [5, 5.41) is 3.15. The predicted molar refractivity (Wildman–Crippen MR) is 146 cm³/mol. The van der Waals surface area contributed by atoms with Crippen molar-refractivity contribution in [1.82, 2.24) is 10.2 Å². The Hall–Kier alpha value is -3.07. The maximum absolute atomic E-state index is 13.9. The highest BCUT2D eigenvalue weighted by Gasteiger charge is 2.33. The molecule has 2 aromatic carbocycles. The second-order valence-electron chi connectivity index (χ2n) is 9.66. The van der Waals surface area contributed by atoms with Crippen LogP contribution in [0.2, 0.25) is 0 Å². The van der Waals surface area contributed by atoms with Gasteiger partial charge in [0.2, 0.25) is 21.8 Å². The van der Waals surface area contributed by atoms with Gasteiger partial charge in [0.1, 0.15) is 18.3 Å². The minimum atomic E-state index is -3.83. The highest BCUT2D eigenvalue weighted by atomic mass is 32.2. The van der Waals surface area contributed by atoms with Crippen LogP contribution in [0.4, 0.5) is 5.69 Å². The summed E-state index contributed by atoms with van der Waals surface area (Å²) in [4.78, 5) is 28.9. The summed E-state index contributed by atoms with van der Waals surface area (Å²) in [5.74, 6) is -0.307. The summed E-state index contributed by atoms with van der Waals surface area (Å²) in [7, 11) is -2.38. The number of anilines is 1. The largest absolute Gasteiger partial charge is 0.495 e. The van der Waals surface area contributed by atoms with Crippen molar-refractivity contribution in [3.63, 3.8) is 0 Å². The molecular weight excluding hydrogens is 490 g/mol. The number of rotatable bonds is 11. The number of nitrogens with zero attached hydrogens (tertiary/aromatic N) is 2. The minimum Gasteiger partial charge on any atom is -0.495 e. The number of sulfonamides is 1. The number of benzene rings is 2. The summed E-state index contributed by atoms with van der Waals surface area (Å²) >= 11 is 0. The lowest BCUT2D eigenvalue weighted by molar-refractivity contribution is -0.140. The Kier molecular flexibility index (Phi) is 9.97. The van der Waals surface area contributed by atoms with Crippen LogP contribution in [0.5, 0.6) is 5.75 Å². The summed E-state index contributed by atoms with van der Waals surface area (Å²) in [5.41, 5.74) is 2.17. The number of methoxy groups -OCH3 is 1. The molecule has 2 aromatic rings. The molecule has 0 heterocycles. The van der Waals surface area contributed by atoms with Gasteiger partial charge in [0.15, 0.2) is 0 Å². The molecule has 0 unspecified atom stereocenters. The maximum atomic E-state index is 13.9. The van der Waals surface area contributed by atoms with Gasteiger partial charge in [-0.1, -0.05) is 62.6 Å². The van der Waals surface area contributed by atoms with Crippen LogP contribution in [0, 0.1) is 6.92 Å². The van der Waals surface area contributed by atoms with Crippen LogP contribution in [0.3, 0.4) is 0 Å². The first-order valence-corrected chi connectivity index (χ1v) is 14.8. The van der Waals surface area contributed by atoms with E-state index in [9.17, 15) is 18.0 Å². The summed E-state index contributed by atoms with van der Waals surface area (Å²) in [6.45, 7) is 3.58. The second-order valence-corrected chi connectivity index (χ2v) is 11.6. The Morgan fingerprint density at radius 3 is 2.32 bits per heavy atom. The van der Waals surface area contributed by atoms with E-state index in [4.69, 9.17) is 4.74 Å². The van der Waals surface area contributed by atoms with Crippen LogP contribution in [0.25, 0.3) is 0 Å². The Labute approximate surface area is 221 Å². The number of hydrogen-bond acceptors (Lipinski definition) is 5. The van der Waals surface area contributed by atoms with E-state index in [0.717, 1.165) is 47.4 Å². The zero-order valence-corrected chi connectivity index (χ0v) is 23.1. The molecule has 1 atom stereocenters. The second kappa shape index (κ2) is 12.9. The van der Waals surface area contributed by atoms with Gasteiger partial charge in [0, 0.05) is 12.6 Å². The molecule has 0 aliphatic heterocycles. The van der Waals surface area contributed by atoms with Gasteiger partial charge in [-0.25, -0.2) is 8.42 Å². The van der Waals surface area contributed by atoms with Crippen LogP contribution in [0.15, 0.2) is 48.5 Å². The topological polar surface area (TPSA) is 96.0 Å². The standard InChI is InChI=1S/C28H39N3O5S/c1-5-24(28(33)29-23-15-7-6-8-16-23)30(19-22-14-10-9-13-21(22)2)27(32)20-31(37(4,34)35)25-17-11-12-18-26(25)36-3/h9-14,17-18,23-24H,5-8,15-16,19-20H2,1-4H3,(H,29,33)/t24-/m0/s1. The average molecular weight is 530 g/mol. The average Bonchev–Trinajstić information content (AvgIpc) is 2.88. The van der Waals surface area contributed by atoms with E-state index in [1.54, 1.807) is 24.3 Å². The number of aryl methyl sites for hydroxylation is 1. The molecule has 37 heavy (non-hydrogen) atoms. The van der Waals surface area contributed by atoms with E-state index < -0.39 is 28.5 Å². The number of carbonyl (C=O) groups is 2. The highest BCUT2D eigenvalue weighted by molar-refractivity contribution is 7.92. The van der Waals surface area contributed by atoms with Gasteiger partial charge in [0.25, 0.3) is 0 Å². The molecule has 8 nitrogen and oxygen atoms in total. The molecule has 1 saturated carbocycles. The molecule has 3 rings (SSSR count). The van der Waals surface area contributed by atoms with Crippen LogP contribution < -0.4 is 14.4 Å². The summed E-state index contributed by atoms with van der Waals surface area (Å²) < 4.78 is 32.1. The van der Waals surface area contributed by atoms with Gasteiger partial charge in [-0.3, -0.25) is 13.9 Å². The quantitative estimate of drug-likeness (QED) is 0.474. The third-order valence-electron chi connectivity index (χ3n) is 6.97. The minimum absolute atomic E-state index is 0.104. The van der Waals surface area contributed by atoms with Crippen molar-refractivity contribution in [2.75, 3.05) is 24.2 Å². The number of para-hydroxylation sites is 2. The molecule has 1 N–H and O–H groups in total. The lowest BCUT2D eigenvalue weighted by atomic mass is 9.95. The maximum Gasteiger partial charge on any atom is 0.244 e. The molecule has 0 spiro atoms. The van der Waals surface area contributed by atoms with Crippen LogP contribution in [0.1, 0.15) is 56.6 Å². The highest BCUT2D eigenvalue weighted by Crippen LogP contribution is 2.30. The van der Waals surface area contributed by atoms with E-state index in [1.165, 1.54) is 18.4 Å². The number of hydrogen-bond donors (Lipinski definition) is 1. The van der Waals surface area contributed by atoms with Gasteiger partial charge in [0.05, 0.1) is 19.1 Å². The fourth-order valence-corrected chi connectivity index (χ4v) is 5.72. The first-order chi connectivity index (χ1) is 17.7. The molecular formula is C28H39N3O5S. The molecule has 9 heteroatoms. The van der Waals surface area contributed by atoms with E-state index in [1.807, 2.05) is 38.1 Å². The van der Waals surface area contributed by atoms with Crippen molar-refractivity contribution >= 4 is 27.5 Å². The SMILES string of the molecule is CC[C@@H](C(=O)NC1CCCCC1)N(Cc1ccccc1C)C(=O)CN(c1ccccc1OC)S(C)(=O)=O. The van der Waals surface area contributed by atoms with Crippen molar-refractivity contribution < 1.29 is 22.7 Å². The number of carbonyl (C=O) groups excluding carboxylic acids is 2. The number of nitrogens with one attached hydrogen (secondary N) is 1. The fourth-order valence-electron chi connectivity index (χ4n) is 4.87. The van der Waals surface area contributed by atoms with Crippen molar-refractivity contribution in [1.29, 1.82) is 0 Å². The van der Waals surface area contributed by atoms with Crippen molar-refractivity contribution in [3.05, 3.63) is 59.7 Å². The molecule has 1 aliphatic rings. The number of ether oxygens (including phenoxy) is 1. The third kappa shape index (κ3) is 7.47. The lowest BCUT2D eigenvalue weighted by Crippen LogP contribution is -2.54. The van der Waals surface area contributed by atoms with E-state index in [-0.39, 0.29) is 24.2 Å². The normalized spacial score (nSPS) is 15.0. The third-order valence-corrected chi connectivity index (χ3v) is 8.10. The lowest BCUT2D eigenvalue weighted by Gasteiger charge is -2.34. The molecule has 1 aliphatic carbocycles. The molecule has 0 aromatic heterocycles. The molecule has 2 amide bonds. The smallest absolute Gasteiger partial charge is 0.244 e. The molecule has 202 valence electrons. The van der Waals surface area contributed by atoms with Crippen LogP contribution >= 0.6 is 0 Å². The first-order valence-electron chi connectivity index (χ1n) is 12.9. The van der Waals surface area contributed by atoms with Crippen molar-refractivity contribution in [2.24, 2.45) is 0 Å². The van der Waals surface area contributed by atoms with E-state index in [2.05, 4.69) is 5.32 Å². The van der Waals surface area contributed by atoms with E-state index >= 15 is 0 Å².